The van der Waals surface area contributed by atoms with Crippen molar-refractivity contribution in [3.05, 3.63) is 70.4 Å². The van der Waals surface area contributed by atoms with Crippen molar-refractivity contribution in [2.24, 2.45) is 11.3 Å². The molecule has 4 aromatic rings. The maximum absolute atomic E-state index is 13.6. The van der Waals surface area contributed by atoms with E-state index in [2.05, 4.69) is 52.1 Å². The Labute approximate surface area is 275 Å². The molecule has 9 heteroatoms. The molecule has 0 atom stereocenters. The molecule has 0 unspecified atom stereocenters. The number of aromatic amines is 2. The van der Waals surface area contributed by atoms with Crippen LogP contribution in [0.4, 0.5) is 5.69 Å². The molecule has 4 aliphatic rings. The van der Waals surface area contributed by atoms with Crippen molar-refractivity contribution >= 4 is 34.3 Å². The molecule has 2 N–H and O–H groups in total. The lowest BCUT2D eigenvalue weighted by Gasteiger charge is -2.37. The minimum Gasteiger partial charge on any atom is -0.353 e. The van der Waals surface area contributed by atoms with E-state index < -0.39 is 0 Å². The summed E-state index contributed by atoms with van der Waals surface area (Å²) in [6, 6.07) is 14.3. The third-order valence-corrected chi connectivity index (χ3v) is 11.0. The average molecular weight is 633 g/mol. The first-order valence-electron chi connectivity index (χ1n) is 17.4. The SMILES string of the molecule is CC1(C)CCc2c(-c3cc4ccc(C(=O)N5CCC(CN6CCc7cc(N8C(=O)CCCC8=O)ccc7C6)CC5)cc4[nH]3)n[nH]c2C1. The number of likely N-dealkylation sites (tertiary alicyclic amines) is 1. The molecule has 0 radical (unpaired) electrons. The van der Waals surface area contributed by atoms with E-state index >= 15 is 0 Å². The van der Waals surface area contributed by atoms with E-state index in [1.165, 1.54) is 27.3 Å². The molecule has 0 spiro atoms. The fourth-order valence-electron chi connectivity index (χ4n) is 8.26. The van der Waals surface area contributed by atoms with Gasteiger partial charge in [0.2, 0.25) is 11.8 Å². The van der Waals surface area contributed by atoms with Crippen molar-refractivity contribution in [1.29, 1.82) is 0 Å². The van der Waals surface area contributed by atoms with Crippen molar-refractivity contribution < 1.29 is 14.4 Å². The number of carbonyl (C=O) groups is 3. The van der Waals surface area contributed by atoms with Crippen molar-refractivity contribution in [3.63, 3.8) is 0 Å². The predicted molar refractivity (Wildman–Crippen MR) is 182 cm³/mol. The molecule has 0 bridgehead atoms. The lowest BCUT2D eigenvalue weighted by atomic mass is 9.76. The number of benzene rings is 2. The Hall–Kier alpha value is -4.24. The van der Waals surface area contributed by atoms with E-state index in [1.807, 2.05) is 29.2 Å². The normalized spacial score (nSPS) is 20.5. The molecule has 3 amide bonds. The fourth-order valence-corrected chi connectivity index (χ4v) is 8.26. The first-order chi connectivity index (χ1) is 22.7. The van der Waals surface area contributed by atoms with Gasteiger partial charge in [0.15, 0.2) is 0 Å². The van der Waals surface area contributed by atoms with Crippen LogP contribution in [0.15, 0.2) is 42.5 Å². The first-order valence-corrected chi connectivity index (χ1v) is 17.4. The summed E-state index contributed by atoms with van der Waals surface area (Å²) in [6.45, 7) is 9.06. The number of rotatable bonds is 5. The van der Waals surface area contributed by atoms with Gasteiger partial charge in [-0.3, -0.25) is 29.3 Å². The zero-order valence-electron chi connectivity index (χ0n) is 27.5. The number of hydrogen-bond acceptors (Lipinski definition) is 5. The molecule has 47 heavy (non-hydrogen) atoms. The summed E-state index contributed by atoms with van der Waals surface area (Å²) in [5.74, 6) is 0.487. The van der Waals surface area contributed by atoms with Crippen LogP contribution < -0.4 is 4.90 Å². The molecule has 0 saturated carbocycles. The van der Waals surface area contributed by atoms with Gasteiger partial charge < -0.3 is 9.88 Å². The number of H-pyrrole nitrogens is 2. The van der Waals surface area contributed by atoms with Crippen LogP contribution in [0.3, 0.4) is 0 Å². The number of piperidine rings is 2. The van der Waals surface area contributed by atoms with Gasteiger partial charge in [0.05, 0.1) is 11.4 Å². The third-order valence-electron chi connectivity index (χ3n) is 11.0. The number of imide groups is 1. The number of hydrogen-bond donors (Lipinski definition) is 2. The molecule has 3 aliphatic heterocycles. The van der Waals surface area contributed by atoms with Gasteiger partial charge >= 0.3 is 0 Å². The quantitative estimate of drug-likeness (QED) is 0.262. The van der Waals surface area contributed by atoms with Crippen LogP contribution in [0.25, 0.3) is 22.3 Å². The van der Waals surface area contributed by atoms with Crippen LogP contribution >= 0.6 is 0 Å². The number of nitrogens with one attached hydrogen (secondary N) is 2. The summed E-state index contributed by atoms with van der Waals surface area (Å²) in [5, 5.41) is 9.07. The standard InChI is InChI=1S/C38H44N6O3/c1-38(2)14-10-30-33(21-38)40-41-36(30)32-19-26-6-7-27(20-31(26)39-32)37(47)43-16-11-24(12-17-43)22-42-15-13-25-18-29(9-8-28(25)23-42)44-34(45)4-3-5-35(44)46/h6-9,18-20,24,39H,3-5,10-17,21-23H2,1-2H3,(H,40,41). The van der Waals surface area contributed by atoms with Gasteiger partial charge in [0.25, 0.3) is 5.91 Å². The van der Waals surface area contributed by atoms with Gasteiger partial charge in [-0.1, -0.05) is 26.0 Å². The fraction of sp³-hybridized carbons (Fsp3) is 0.474. The Morgan fingerprint density at radius 3 is 2.55 bits per heavy atom. The minimum absolute atomic E-state index is 0.0881. The van der Waals surface area contributed by atoms with Crippen LogP contribution in [0.2, 0.25) is 0 Å². The van der Waals surface area contributed by atoms with E-state index in [9.17, 15) is 14.4 Å². The second kappa shape index (κ2) is 11.8. The minimum atomic E-state index is -0.0881. The Balaban J connectivity index is 0.873. The van der Waals surface area contributed by atoms with Crippen molar-refractivity contribution in [1.82, 2.24) is 25.0 Å². The highest BCUT2D eigenvalue weighted by molar-refractivity contribution is 6.16. The topological polar surface area (TPSA) is 105 Å². The van der Waals surface area contributed by atoms with E-state index in [4.69, 9.17) is 0 Å². The summed E-state index contributed by atoms with van der Waals surface area (Å²) < 4.78 is 0. The molecule has 2 saturated heterocycles. The van der Waals surface area contributed by atoms with Crippen LogP contribution in [0.5, 0.6) is 0 Å². The van der Waals surface area contributed by atoms with Gasteiger partial charge in [-0.25, -0.2) is 0 Å². The zero-order chi connectivity index (χ0) is 32.3. The summed E-state index contributed by atoms with van der Waals surface area (Å²) in [7, 11) is 0. The molecule has 2 fully saturated rings. The van der Waals surface area contributed by atoms with Crippen molar-refractivity contribution in [2.45, 2.75) is 78.2 Å². The molecule has 2 aromatic heterocycles. The van der Waals surface area contributed by atoms with E-state index in [1.54, 1.807) is 0 Å². The van der Waals surface area contributed by atoms with E-state index in [0.717, 1.165) is 105 Å². The largest absolute Gasteiger partial charge is 0.353 e. The van der Waals surface area contributed by atoms with Gasteiger partial charge in [0.1, 0.15) is 5.69 Å². The average Bonchev–Trinajstić information content (AvgIpc) is 3.67. The Morgan fingerprint density at radius 1 is 0.936 bits per heavy atom. The molecule has 9 nitrogen and oxygen atoms in total. The highest BCUT2D eigenvalue weighted by Crippen LogP contribution is 2.38. The van der Waals surface area contributed by atoms with Crippen LogP contribution in [-0.2, 0) is 35.4 Å². The van der Waals surface area contributed by atoms with Gasteiger partial charge in [-0.15, -0.1) is 0 Å². The van der Waals surface area contributed by atoms with E-state index in [0.29, 0.717) is 30.6 Å². The molecule has 8 rings (SSSR count). The lowest BCUT2D eigenvalue weighted by molar-refractivity contribution is -0.129. The summed E-state index contributed by atoms with van der Waals surface area (Å²) >= 11 is 0. The Kier molecular flexibility index (Phi) is 7.54. The van der Waals surface area contributed by atoms with Gasteiger partial charge in [-0.05, 0) is 97.7 Å². The van der Waals surface area contributed by atoms with Gasteiger partial charge in [-0.2, -0.15) is 5.10 Å². The van der Waals surface area contributed by atoms with Gasteiger partial charge in [0, 0.05) is 73.3 Å². The number of nitrogens with zero attached hydrogens (tertiary/aromatic N) is 4. The number of aromatic nitrogens is 3. The zero-order valence-corrected chi connectivity index (χ0v) is 27.5. The number of fused-ring (bicyclic) bond motifs is 3. The maximum Gasteiger partial charge on any atom is 0.253 e. The summed E-state index contributed by atoms with van der Waals surface area (Å²) in [5.41, 5.74) is 9.83. The molecular weight excluding hydrogens is 588 g/mol. The number of carbonyl (C=O) groups excluding carboxylic acids is 3. The second-order valence-corrected chi connectivity index (χ2v) is 15.0. The molecule has 244 valence electrons. The maximum atomic E-state index is 13.6. The molecular formula is C38H44N6O3. The number of anilines is 1. The molecule has 1 aliphatic carbocycles. The van der Waals surface area contributed by atoms with Crippen molar-refractivity contribution in [2.75, 3.05) is 31.1 Å². The molecule has 2 aromatic carbocycles. The van der Waals surface area contributed by atoms with Crippen LogP contribution in [0, 0.1) is 11.3 Å². The summed E-state index contributed by atoms with van der Waals surface area (Å²) in [6.07, 6.45) is 7.66. The summed E-state index contributed by atoms with van der Waals surface area (Å²) in [4.78, 5) is 47.9. The Morgan fingerprint density at radius 2 is 1.74 bits per heavy atom. The first kappa shape index (κ1) is 30.1. The van der Waals surface area contributed by atoms with Crippen molar-refractivity contribution in [3.8, 4) is 11.4 Å². The highest BCUT2D eigenvalue weighted by Gasteiger charge is 2.31. The smallest absolute Gasteiger partial charge is 0.253 e. The number of amides is 3. The van der Waals surface area contributed by atoms with Crippen LogP contribution in [-0.4, -0.2) is 68.9 Å². The van der Waals surface area contributed by atoms with E-state index in [-0.39, 0.29) is 17.7 Å². The monoisotopic (exact) mass is 632 g/mol. The van der Waals surface area contributed by atoms with Crippen LogP contribution in [0.1, 0.15) is 85.1 Å². The molecule has 5 heterocycles. The lowest BCUT2D eigenvalue weighted by Crippen LogP contribution is -2.42. The predicted octanol–water partition coefficient (Wildman–Crippen LogP) is 6.03. The highest BCUT2D eigenvalue weighted by atomic mass is 16.2. The second-order valence-electron chi connectivity index (χ2n) is 15.0. The third kappa shape index (κ3) is 5.79. The Bertz CT molecular complexity index is 1860.